The molecule has 1 aliphatic rings. The van der Waals surface area contributed by atoms with E-state index in [0.29, 0.717) is 10.3 Å². The molecule has 1 fully saturated rings. The fourth-order valence-corrected chi connectivity index (χ4v) is 3.60. The molecule has 0 radical (unpaired) electrons. The van der Waals surface area contributed by atoms with Crippen molar-refractivity contribution in [1.29, 1.82) is 0 Å². The Morgan fingerprint density at radius 2 is 1.86 bits per heavy atom. The van der Waals surface area contributed by atoms with Crippen LogP contribution in [0.4, 0.5) is 13.2 Å². The van der Waals surface area contributed by atoms with Gasteiger partial charge in [0.1, 0.15) is 31.3 Å². The van der Waals surface area contributed by atoms with Crippen LogP contribution in [0.15, 0.2) is 40.1 Å². The Labute approximate surface area is 208 Å². The molecule has 2 heterocycles. The molecule has 0 saturated carbocycles. The molecule has 0 aliphatic carbocycles. The van der Waals surface area contributed by atoms with E-state index in [9.17, 15) is 32.3 Å². The molecule has 1 saturated heterocycles. The molecule has 13 heteroatoms. The highest BCUT2D eigenvalue weighted by atomic mass is 19.4. The van der Waals surface area contributed by atoms with Crippen molar-refractivity contribution in [3.05, 3.63) is 62.4 Å². The van der Waals surface area contributed by atoms with Gasteiger partial charge in [0.25, 0.3) is 11.5 Å². The monoisotopic (exact) mass is 524 g/mol. The topological polar surface area (TPSA) is 115 Å². The second-order valence-electron chi connectivity index (χ2n) is 7.91. The molecule has 198 valence electrons. The van der Waals surface area contributed by atoms with Crippen LogP contribution in [0.25, 0.3) is 0 Å². The smallest absolute Gasteiger partial charge is 0.490 e. The van der Waals surface area contributed by atoms with Gasteiger partial charge in [-0.25, -0.2) is 9.59 Å². The van der Waals surface area contributed by atoms with Crippen molar-refractivity contribution >= 4 is 11.9 Å². The van der Waals surface area contributed by atoms with E-state index < -0.39 is 54.3 Å². The number of hydrogen-bond donors (Lipinski definition) is 0. The molecule has 10 nitrogen and oxygen atoms in total. The van der Waals surface area contributed by atoms with Crippen molar-refractivity contribution in [3.63, 3.8) is 0 Å². The average Bonchev–Trinajstić information content (AvgIpc) is 3.26. The van der Waals surface area contributed by atoms with Gasteiger partial charge < -0.3 is 18.9 Å². The van der Waals surface area contributed by atoms with Gasteiger partial charge in [-0.2, -0.15) is 17.7 Å². The molecule has 0 spiro atoms. The molecule has 0 N–H and O–H groups in total. The van der Waals surface area contributed by atoms with Crippen LogP contribution in [0.5, 0.6) is 5.75 Å². The summed E-state index contributed by atoms with van der Waals surface area (Å²) in [5.74, 6) is 2.39. The summed E-state index contributed by atoms with van der Waals surface area (Å²) in [7, 11) is 1.44. The van der Waals surface area contributed by atoms with Crippen LogP contribution in [0.2, 0.25) is 0 Å². The molecule has 1 aromatic carbocycles. The van der Waals surface area contributed by atoms with E-state index in [1.54, 1.807) is 6.92 Å². The lowest BCUT2D eigenvalue weighted by Gasteiger charge is -2.19. The number of nitrogens with zero attached hydrogens (tertiary/aromatic N) is 2. The zero-order valence-corrected chi connectivity index (χ0v) is 20.0. The van der Waals surface area contributed by atoms with E-state index in [-0.39, 0.29) is 24.2 Å². The van der Waals surface area contributed by atoms with Gasteiger partial charge in [0, 0.05) is 23.7 Å². The third-order valence-electron chi connectivity index (χ3n) is 5.47. The van der Waals surface area contributed by atoms with Crippen molar-refractivity contribution in [1.82, 2.24) is 9.13 Å². The first-order valence-electron chi connectivity index (χ1n) is 10.9. The number of rotatable bonds is 7. The minimum absolute atomic E-state index is 0.0336. The number of halogens is 3. The number of methoxy groups -OCH3 is 1. The minimum Gasteiger partial charge on any atom is -0.497 e. The normalized spacial score (nSPS) is 19.1. The lowest BCUT2D eigenvalue weighted by atomic mass is 10.2. The molecular formula is C24H23F3N2O8. The highest BCUT2D eigenvalue weighted by molar-refractivity contribution is 5.95. The fraction of sp³-hybridized carbons (Fsp3) is 0.417. The number of carbonyl (C=O) groups is 2. The zero-order valence-electron chi connectivity index (χ0n) is 20.0. The average molecular weight is 524 g/mol. The maximum Gasteiger partial charge on any atom is 0.490 e. The number of hydrogen-bond acceptors (Lipinski definition) is 8. The van der Waals surface area contributed by atoms with Crippen LogP contribution in [0.1, 0.15) is 35.5 Å². The summed E-state index contributed by atoms with van der Waals surface area (Å²) < 4.78 is 59.7. The van der Waals surface area contributed by atoms with Gasteiger partial charge in [-0.05, 0) is 38.1 Å². The lowest BCUT2D eigenvalue weighted by molar-refractivity contribution is -0.204. The van der Waals surface area contributed by atoms with Crippen LogP contribution in [0, 0.1) is 18.8 Å². The number of benzene rings is 1. The third kappa shape index (κ3) is 6.28. The summed E-state index contributed by atoms with van der Waals surface area (Å²) in [6, 6.07) is 5.74. The number of ether oxygens (including phenoxy) is 4. The van der Waals surface area contributed by atoms with E-state index in [2.05, 4.69) is 16.6 Å². The summed E-state index contributed by atoms with van der Waals surface area (Å²) in [6.07, 6.45) is -7.31. The maximum atomic E-state index is 13.2. The summed E-state index contributed by atoms with van der Waals surface area (Å²) >= 11 is 0. The molecule has 0 bridgehead atoms. The minimum atomic E-state index is -5.20. The lowest BCUT2D eigenvalue weighted by Crippen LogP contribution is -2.45. The van der Waals surface area contributed by atoms with Gasteiger partial charge in [-0.1, -0.05) is 5.92 Å². The number of aromatic nitrogens is 2. The molecule has 0 amide bonds. The highest BCUT2D eigenvalue weighted by Crippen LogP contribution is 2.31. The van der Waals surface area contributed by atoms with Crippen molar-refractivity contribution in [3.8, 4) is 17.6 Å². The molecule has 1 aromatic heterocycles. The number of aryl methyl sites for hydroxylation is 1. The van der Waals surface area contributed by atoms with E-state index in [1.807, 2.05) is 0 Å². The number of alkyl halides is 3. The Bertz CT molecular complexity index is 1340. The highest BCUT2D eigenvalue weighted by Gasteiger charge is 2.44. The van der Waals surface area contributed by atoms with Gasteiger partial charge in [-0.3, -0.25) is 14.2 Å². The van der Waals surface area contributed by atoms with Gasteiger partial charge >= 0.3 is 17.8 Å². The third-order valence-corrected chi connectivity index (χ3v) is 5.47. The van der Waals surface area contributed by atoms with Crippen LogP contribution < -0.4 is 16.0 Å². The second kappa shape index (κ2) is 11.4. The first kappa shape index (κ1) is 27.7. The van der Waals surface area contributed by atoms with E-state index in [4.69, 9.17) is 14.2 Å². The van der Waals surface area contributed by atoms with Gasteiger partial charge in [-0.15, -0.1) is 5.92 Å². The first-order valence-corrected chi connectivity index (χ1v) is 10.9. The van der Waals surface area contributed by atoms with Gasteiger partial charge in [0.2, 0.25) is 0 Å². The standard InChI is InChI=1S/C24H23F3N2O8/c1-4-5-10-35-17-11-19(37-18(17)13-36-22(32)24(25,26)27)28-12-14(2)20(30)29(23(28)33)21(31)15-6-8-16(34-3)9-7-15/h6-9,12,17-19H,10-11,13H2,1-3H3/t17-,18+,19+/m0/s1. The zero-order chi connectivity index (χ0) is 27.3. The van der Waals surface area contributed by atoms with Crippen molar-refractivity contribution in [2.45, 2.75) is 44.9 Å². The van der Waals surface area contributed by atoms with Crippen LogP contribution in [-0.4, -0.2) is 59.7 Å². The number of carbonyl (C=O) groups excluding carboxylic acids is 2. The molecule has 3 rings (SSSR count). The molecule has 37 heavy (non-hydrogen) atoms. The fourth-order valence-electron chi connectivity index (χ4n) is 3.60. The SMILES string of the molecule is CC#CCO[C@H]1C[C@H](n2cc(C)c(=O)n(C(=O)c3ccc(OC)cc3)c2=O)O[C@@H]1COC(=O)C(F)(F)F. The Morgan fingerprint density at radius 3 is 2.46 bits per heavy atom. The predicted molar refractivity (Wildman–Crippen MR) is 121 cm³/mol. The molecule has 3 atom stereocenters. The van der Waals surface area contributed by atoms with E-state index in [1.165, 1.54) is 44.5 Å². The molecule has 2 aromatic rings. The number of esters is 1. The Hall–Kier alpha value is -3.89. The summed E-state index contributed by atoms with van der Waals surface area (Å²) in [4.78, 5) is 50.2. The Kier molecular flexibility index (Phi) is 8.57. The van der Waals surface area contributed by atoms with Crippen molar-refractivity contribution in [2.75, 3.05) is 20.3 Å². The largest absolute Gasteiger partial charge is 0.497 e. The summed E-state index contributed by atoms with van der Waals surface area (Å²) in [5.41, 5.74) is -1.80. The van der Waals surface area contributed by atoms with Crippen LogP contribution >= 0.6 is 0 Å². The Balaban J connectivity index is 1.93. The second-order valence-corrected chi connectivity index (χ2v) is 7.91. The first-order chi connectivity index (χ1) is 17.5. The van der Waals surface area contributed by atoms with Crippen molar-refractivity contribution in [2.24, 2.45) is 0 Å². The Morgan fingerprint density at radius 1 is 1.19 bits per heavy atom. The summed E-state index contributed by atoms with van der Waals surface area (Å²) in [5, 5.41) is 0. The van der Waals surface area contributed by atoms with E-state index in [0.717, 1.165) is 4.57 Å². The predicted octanol–water partition coefficient (Wildman–Crippen LogP) is 1.82. The molecular weight excluding hydrogens is 501 g/mol. The van der Waals surface area contributed by atoms with Crippen LogP contribution in [-0.2, 0) is 19.0 Å². The van der Waals surface area contributed by atoms with E-state index >= 15 is 0 Å². The molecule has 0 unspecified atom stereocenters. The quantitative estimate of drug-likeness (QED) is 0.398. The van der Waals surface area contributed by atoms with Crippen LogP contribution in [0.3, 0.4) is 0 Å². The van der Waals surface area contributed by atoms with Crippen molar-refractivity contribution < 1.29 is 41.7 Å². The van der Waals surface area contributed by atoms with Gasteiger partial charge in [0.05, 0.1) is 13.2 Å². The van der Waals surface area contributed by atoms with Gasteiger partial charge in [0.15, 0.2) is 0 Å². The maximum absolute atomic E-state index is 13.2. The summed E-state index contributed by atoms with van der Waals surface area (Å²) in [6.45, 7) is 2.05. The molecule has 1 aliphatic heterocycles.